The molecule has 2 aliphatic carbocycles. The van der Waals surface area contributed by atoms with Crippen LogP contribution < -0.4 is 4.74 Å². The molecule has 2 atom stereocenters. The quantitative estimate of drug-likeness (QED) is 0.172. The zero-order valence-corrected chi connectivity index (χ0v) is 65.9. The Morgan fingerprint density at radius 2 is 0.430 bits per heavy atom. The molecule has 1 heterocycles. The Balaban J connectivity index is 1.86. The molecule has 6 aromatic carbocycles. The van der Waals surface area contributed by atoms with Crippen LogP contribution in [0.5, 0.6) is 5.75 Å². The van der Waals surface area contributed by atoms with Crippen LogP contribution in [0.1, 0.15) is 377 Å². The van der Waals surface area contributed by atoms with Crippen LogP contribution in [0.4, 0.5) is 0 Å². The minimum absolute atomic E-state index is 0.218. The number of benzene rings is 6. The van der Waals surface area contributed by atoms with Crippen molar-refractivity contribution in [3.63, 3.8) is 0 Å². The monoisotopic (exact) mass is 1260 g/mol. The van der Waals surface area contributed by atoms with Crippen LogP contribution in [0.25, 0.3) is 0 Å². The second-order valence-corrected chi connectivity index (χ2v) is 42.0. The zero-order valence-electron chi connectivity index (χ0n) is 65.9. The average molecular weight is 1260 g/mol. The predicted molar refractivity (Wildman–Crippen MR) is 400 cm³/mol. The van der Waals surface area contributed by atoms with E-state index < -0.39 is 49.3 Å². The molecule has 0 aromatic heterocycles. The van der Waals surface area contributed by atoms with Gasteiger partial charge in [-0.1, -0.05) is 322 Å². The van der Waals surface area contributed by atoms with Gasteiger partial charge in [0.15, 0.2) is 16.8 Å². The van der Waals surface area contributed by atoms with Crippen LogP contribution in [-0.2, 0) is 101 Å². The lowest BCUT2D eigenvalue weighted by molar-refractivity contribution is -0.229. The average Bonchev–Trinajstić information content (AvgIpc) is 1.64. The lowest BCUT2D eigenvalue weighted by Gasteiger charge is -2.60. The lowest BCUT2D eigenvalue weighted by atomic mass is 9.49. The van der Waals surface area contributed by atoms with Gasteiger partial charge in [0.05, 0.1) is 0 Å². The number of rotatable bonds is 1. The fourth-order valence-corrected chi connectivity index (χ4v) is 15.9. The van der Waals surface area contributed by atoms with Gasteiger partial charge in [-0.3, -0.25) is 0 Å². The minimum atomic E-state index is -2.45. The summed E-state index contributed by atoms with van der Waals surface area (Å²) in [5, 5.41) is 36.0. The molecule has 0 saturated heterocycles. The van der Waals surface area contributed by atoms with Crippen LogP contribution in [0.3, 0.4) is 0 Å². The van der Waals surface area contributed by atoms with Crippen molar-refractivity contribution in [2.75, 3.05) is 0 Å². The van der Waals surface area contributed by atoms with E-state index in [1.54, 1.807) is 0 Å². The molecule has 3 aliphatic rings. The van der Waals surface area contributed by atoms with Gasteiger partial charge in [-0.15, -0.1) is 0 Å². The molecular formula is C90H128O3. The van der Waals surface area contributed by atoms with Crippen molar-refractivity contribution in [1.29, 1.82) is 0 Å². The first-order valence-electron chi connectivity index (χ1n) is 35.7. The molecule has 93 heavy (non-hydrogen) atoms. The highest BCUT2D eigenvalue weighted by atomic mass is 16.5. The molecule has 0 radical (unpaired) electrons. The van der Waals surface area contributed by atoms with E-state index in [9.17, 15) is 4.74 Å². The third kappa shape index (κ3) is 12.1. The van der Waals surface area contributed by atoms with Crippen molar-refractivity contribution in [2.24, 2.45) is 0 Å². The van der Waals surface area contributed by atoms with Gasteiger partial charge in [0.2, 0.25) is 0 Å². The smallest absolute Gasteiger partial charge is 0.196 e. The molecule has 3 nitrogen and oxygen atoms in total. The molecule has 1 aliphatic heterocycles. The normalized spacial score (nSPS) is 19.2. The zero-order chi connectivity index (χ0) is 70.7. The van der Waals surface area contributed by atoms with Gasteiger partial charge in [0, 0.05) is 23.1 Å². The van der Waals surface area contributed by atoms with Crippen LogP contribution in [0.15, 0.2) is 72.8 Å². The van der Waals surface area contributed by atoms with E-state index in [0.717, 1.165) is 100 Å². The van der Waals surface area contributed by atoms with Gasteiger partial charge in [0.25, 0.3) is 0 Å². The largest absolute Gasteiger partial charge is 0.474 e. The van der Waals surface area contributed by atoms with Gasteiger partial charge >= 0.3 is 0 Å². The van der Waals surface area contributed by atoms with Crippen molar-refractivity contribution < 1.29 is 14.9 Å². The minimum Gasteiger partial charge on any atom is -0.474 e. The molecule has 2 unspecified atom stereocenters. The van der Waals surface area contributed by atoms with Crippen LogP contribution >= 0.6 is 0 Å². The molecule has 9 rings (SSSR count). The summed E-state index contributed by atoms with van der Waals surface area (Å²) in [6.07, 6.45) is 1.60. The van der Waals surface area contributed by atoms with Crippen molar-refractivity contribution >= 4 is 0 Å². The predicted octanol–water partition coefficient (Wildman–Crippen LogP) is 23.1. The molecule has 0 amide bonds. The Morgan fingerprint density at radius 1 is 0.237 bits per heavy atom. The first kappa shape index (κ1) is 72.3. The number of ether oxygens (including phenoxy) is 1. The lowest BCUT2D eigenvalue weighted by Crippen LogP contribution is -2.68. The summed E-state index contributed by atoms with van der Waals surface area (Å²) >= 11 is 0. The summed E-state index contributed by atoms with van der Waals surface area (Å²) in [6, 6.07) is 29.6. The number of hydrogen-bond donors (Lipinski definition) is 2. The van der Waals surface area contributed by atoms with E-state index in [4.69, 9.17) is 0 Å². The van der Waals surface area contributed by atoms with E-state index >= 15 is 10.2 Å². The second kappa shape index (κ2) is 21.5. The van der Waals surface area contributed by atoms with Crippen LogP contribution in [0.2, 0.25) is 0 Å². The molecule has 1 spiro atoms. The van der Waals surface area contributed by atoms with Gasteiger partial charge in [0.1, 0.15) is 5.75 Å². The Bertz CT molecular complexity index is 3810. The van der Waals surface area contributed by atoms with E-state index in [1.807, 2.05) is 0 Å². The number of fused-ring (bicyclic) bond motifs is 8. The third-order valence-electron chi connectivity index (χ3n) is 21.5. The van der Waals surface area contributed by atoms with Crippen molar-refractivity contribution in [3.05, 3.63) is 201 Å². The van der Waals surface area contributed by atoms with Crippen molar-refractivity contribution in [1.82, 2.24) is 0 Å². The standard InChI is InChI=1S/C90H128O3/c1-76(2,3)58-40-52-37-53-41-59(77(4,5)6)47-65(83(22,23)24)71(53)88(91,70(52)64(46-58)82(19,20)21)90(92)74-56(44-62(80(13,14)15)50-68(74)86(31,32)33)38-54-42-60(78(7,8)9)48-66(84(25,26)27)72(54)89(90)73-55(43-61(79(10,11)12)49-67(73)85(28,29)30)39-57-45-63(81(16,17)18)51-69(75(57)93-89)87(34,35)36/h40-51,91-92H,37-39H2,1-36H3. The summed E-state index contributed by atoms with van der Waals surface area (Å²) in [4.78, 5) is 0. The van der Waals surface area contributed by atoms with E-state index in [2.05, 4.69) is 322 Å². The summed E-state index contributed by atoms with van der Waals surface area (Å²) in [5.74, 6) is 0.790. The molecule has 506 valence electrons. The summed E-state index contributed by atoms with van der Waals surface area (Å²) < 4.78 is 9.45. The third-order valence-corrected chi connectivity index (χ3v) is 21.5. The summed E-state index contributed by atoms with van der Waals surface area (Å²) in [7, 11) is 0. The van der Waals surface area contributed by atoms with E-state index in [1.165, 1.54) is 33.4 Å². The topological polar surface area (TPSA) is 49.7 Å². The van der Waals surface area contributed by atoms with Crippen LogP contribution in [-0.4, -0.2) is 10.2 Å². The van der Waals surface area contributed by atoms with Gasteiger partial charge in [-0.2, -0.15) is 0 Å². The van der Waals surface area contributed by atoms with E-state index in [-0.39, 0.29) is 32.5 Å². The molecular weight excluding hydrogens is 1130 g/mol. The number of hydrogen-bond acceptors (Lipinski definition) is 3. The molecule has 3 heteroatoms. The fourth-order valence-electron chi connectivity index (χ4n) is 15.9. The highest BCUT2D eigenvalue weighted by molar-refractivity contribution is 5.74. The first-order valence-corrected chi connectivity index (χ1v) is 35.7. The van der Waals surface area contributed by atoms with E-state index in [0.29, 0.717) is 19.3 Å². The van der Waals surface area contributed by atoms with Crippen molar-refractivity contribution in [3.8, 4) is 5.75 Å². The maximum atomic E-state index is 18.3. The van der Waals surface area contributed by atoms with Gasteiger partial charge < -0.3 is 14.9 Å². The second-order valence-electron chi connectivity index (χ2n) is 42.0. The highest BCUT2D eigenvalue weighted by Crippen LogP contribution is 2.70. The van der Waals surface area contributed by atoms with Crippen LogP contribution in [0, 0.1) is 0 Å². The van der Waals surface area contributed by atoms with Gasteiger partial charge in [-0.25, -0.2) is 0 Å². The Labute approximate surface area is 568 Å². The Kier molecular flexibility index (Phi) is 16.7. The molecule has 0 saturated carbocycles. The molecule has 6 aromatic rings. The fraction of sp³-hybridized carbons (Fsp3) is 0.600. The first-order chi connectivity index (χ1) is 41.4. The molecule has 0 bridgehead atoms. The number of aliphatic hydroxyl groups is 2. The Morgan fingerprint density at radius 3 is 0.677 bits per heavy atom. The highest BCUT2D eigenvalue weighted by Gasteiger charge is 2.75. The Hall–Kier alpha value is -4.96. The molecule has 0 fully saturated rings. The SMILES string of the molecule is CC(C)(C)c1cc2c(c(C(C)(C)C)c1)OC1(c3c(cc(C(C)(C)C)cc3C(C)(C)C)C2)c2c(cc(C(C)(C)C)cc2C(C)(C)C)Cc2cc(C(C)(C)C)cc(C(C)(C)C)c2C1(O)C1(O)c2c(cc(C(C)(C)C)cc2C(C)(C)C)Cc2cc(C(C)(C)C)cc(C(C)(C)C)c21. The van der Waals surface area contributed by atoms with Crippen molar-refractivity contribution in [2.45, 2.75) is 350 Å². The maximum Gasteiger partial charge on any atom is 0.196 e. The van der Waals surface area contributed by atoms with Gasteiger partial charge in [-0.05, 0) is 189 Å². The summed E-state index contributed by atoms with van der Waals surface area (Å²) in [6.45, 7) is 84.5. The molecule has 2 N–H and O–H groups in total. The summed E-state index contributed by atoms with van der Waals surface area (Å²) in [5.41, 5.74) is 12.9. The maximum absolute atomic E-state index is 18.3.